The normalized spacial score (nSPS) is 13.4. The summed E-state index contributed by atoms with van der Waals surface area (Å²) in [6.45, 7) is 2.16. The average molecular weight is 488 g/mol. The van der Waals surface area contributed by atoms with Crippen molar-refractivity contribution < 1.29 is 9.53 Å². The van der Waals surface area contributed by atoms with Crippen LogP contribution in [0.15, 0.2) is 22.7 Å². The summed E-state index contributed by atoms with van der Waals surface area (Å²) in [7, 11) is 0. The van der Waals surface area contributed by atoms with E-state index in [0.29, 0.717) is 28.0 Å². The summed E-state index contributed by atoms with van der Waals surface area (Å²) in [6.07, 6.45) is 5.32. The van der Waals surface area contributed by atoms with E-state index in [4.69, 9.17) is 28.6 Å². The van der Waals surface area contributed by atoms with Gasteiger partial charge in [-0.1, -0.05) is 34.0 Å². The van der Waals surface area contributed by atoms with Crippen LogP contribution in [0.25, 0.3) is 0 Å². The molecular weight excluding hydrogens is 468 g/mol. The summed E-state index contributed by atoms with van der Waals surface area (Å²) < 4.78 is 6.20. The van der Waals surface area contributed by atoms with E-state index in [9.17, 15) is 4.79 Å². The van der Waals surface area contributed by atoms with Gasteiger partial charge in [-0.2, -0.15) is 0 Å². The number of halogens is 2. The number of esters is 1. The van der Waals surface area contributed by atoms with Gasteiger partial charge in [-0.15, -0.1) is 11.3 Å². The number of ether oxygens (including phenoxy) is 1. The highest BCUT2D eigenvalue weighted by atomic mass is 79.9. The molecule has 0 saturated heterocycles. The van der Waals surface area contributed by atoms with Crippen molar-refractivity contribution in [3.63, 3.8) is 0 Å². The van der Waals surface area contributed by atoms with Crippen LogP contribution in [-0.4, -0.2) is 17.7 Å². The second-order valence-corrected chi connectivity index (χ2v) is 9.03. The van der Waals surface area contributed by atoms with Crippen LogP contribution < -0.4 is 10.6 Å². The maximum Gasteiger partial charge on any atom is 0.341 e. The molecule has 8 heteroatoms. The zero-order chi connectivity index (χ0) is 19.4. The first-order valence-corrected chi connectivity index (χ1v) is 11.2. The van der Waals surface area contributed by atoms with Gasteiger partial charge in [-0.3, -0.25) is 0 Å². The van der Waals surface area contributed by atoms with Crippen molar-refractivity contribution in [2.75, 3.05) is 17.2 Å². The summed E-state index contributed by atoms with van der Waals surface area (Å²) in [5.74, 6) is -0.288. The Hall–Kier alpha value is -1.15. The lowest BCUT2D eigenvalue weighted by Crippen LogP contribution is -2.20. The van der Waals surface area contributed by atoms with Gasteiger partial charge in [-0.25, -0.2) is 4.79 Å². The smallest absolute Gasteiger partial charge is 0.341 e. The van der Waals surface area contributed by atoms with Crippen LogP contribution in [0.1, 0.15) is 47.0 Å². The van der Waals surface area contributed by atoms with Crippen molar-refractivity contribution in [3.8, 4) is 0 Å². The Morgan fingerprint density at radius 3 is 2.81 bits per heavy atom. The van der Waals surface area contributed by atoms with Gasteiger partial charge in [-0.05, 0) is 68.6 Å². The number of carbonyl (C=O) groups is 1. The maximum atomic E-state index is 12.6. The van der Waals surface area contributed by atoms with E-state index in [-0.39, 0.29) is 5.97 Å². The number of thiophene rings is 1. The van der Waals surface area contributed by atoms with E-state index in [1.807, 2.05) is 19.1 Å². The number of fused-ring (bicyclic) bond motifs is 1. The Kier molecular flexibility index (Phi) is 7.14. The molecule has 144 valence electrons. The van der Waals surface area contributed by atoms with Crippen LogP contribution in [0.2, 0.25) is 5.02 Å². The lowest BCUT2D eigenvalue weighted by atomic mass is 10.1. The number of carbonyl (C=O) groups excluding carboxylic acids is 1. The SMILES string of the molecule is CCOC(=O)c1c(NC(=S)Nc2ccc(Br)cc2Cl)sc2c1CCCCC2. The maximum absolute atomic E-state index is 12.6. The van der Waals surface area contributed by atoms with Gasteiger partial charge in [0.15, 0.2) is 5.11 Å². The van der Waals surface area contributed by atoms with Crippen LogP contribution in [0.5, 0.6) is 0 Å². The van der Waals surface area contributed by atoms with Crippen LogP contribution in [0.4, 0.5) is 10.7 Å². The molecule has 2 N–H and O–H groups in total. The molecule has 0 saturated carbocycles. The topological polar surface area (TPSA) is 50.4 Å². The van der Waals surface area contributed by atoms with Gasteiger partial charge < -0.3 is 15.4 Å². The molecule has 4 nitrogen and oxygen atoms in total. The lowest BCUT2D eigenvalue weighted by Gasteiger charge is -2.13. The number of nitrogens with one attached hydrogen (secondary N) is 2. The number of rotatable bonds is 4. The average Bonchev–Trinajstić information content (AvgIpc) is 2.78. The molecule has 0 atom stereocenters. The van der Waals surface area contributed by atoms with Gasteiger partial charge in [0, 0.05) is 9.35 Å². The van der Waals surface area contributed by atoms with E-state index in [0.717, 1.165) is 40.7 Å². The third-order valence-electron chi connectivity index (χ3n) is 4.31. The lowest BCUT2D eigenvalue weighted by molar-refractivity contribution is 0.0527. The first-order chi connectivity index (χ1) is 13.0. The summed E-state index contributed by atoms with van der Waals surface area (Å²) in [5.41, 5.74) is 2.45. The Balaban J connectivity index is 1.84. The van der Waals surface area contributed by atoms with Gasteiger partial charge in [0.25, 0.3) is 0 Å². The second-order valence-electron chi connectivity index (χ2n) is 6.19. The van der Waals surface area contributed by atoms with E-state index in [1.165, 1.54) is 11.3 Å². The Morgan fingerprint density at radius 1 is 1.30 bits per heavy atom. The van der Waals surface area contributed by atoms with Gasteiger partial charge >= 0.3 is 5.97 Å². The fourth-order valence-corrected chi connectivity index (χ4v) is 5.38. The third kappa shape index (κ3) is 5.02. The molecule has 0 spiro atoms. The molecule has 3 rings (SSSR count). The number of hydrogen-bond donors (Lipinski definition) is 2. The summed E-state index contributed by atoms with van der Waals surface area (Å²) >= 11 is 16.7. The zero-order valence-electron chi connectivity index (χ0n) is 14.9. The monoisotopic (exact) mass is 486 g/mol. The molecule has 27 heavy (non-hydrogen) atoms. The van der Waals surface area contributed by atoms with E-state index >= 15 is 0 Å². The van der Waals surface area contributed by atoms with Crippen molar-refractivity contribution in [1.82, 2.24) is 0 Å². The van der Waals surface area contributed by atoms with Crippen LogP contribution in [0, 0.1) is 0 Å². The molecule has 1 aromatic heterocycles. The molecule has 0 radical (unpaired) electrons. The predicted molar refractivity (Wildman–Crippen MR) is 121 cm³/mol. The van der Waals surface area contributed by atoms with Gasteiger partial charge in [0.05, 0.1) is 22.9 Å². The molecule has 0 unspecified atom stereocenters. The summed E-state index contributed by atoms with van der Waals surface area (Å²) in [4.78, 5) is 13.8. The number of benzene rings is 1. The van der Waals surface area contributed by atoms with Crippen molar-refractivity contribution in [2.45, 2.75) is 39.0 Å². The number of aryl methyl sites for hydroxylation is 1. The fourth-order valence-electron chi connectivity index (χ4n) is 3.10. The molecule has 0 amide bonds. The van der Waals surface area contributed by atoms with Crippen LogP contribution in [-0.2, 0) is 17.6 Å². The largest absolute Gasteiger partial charge is 0.462 e. The summed E-state index contributed by atoms with van der Waals surface area (Å²) in [5, 5.41) is 7.97. The third-order valence-corrected chi connectivity index (χ3v) is 6.52. The van der Waals surface area contributed by atoms with Crippen molar-refractivity contribution >= 4 is 72.9 Å². The number of anilines is 2. The van der Waals surface area contributed by atoms with Crippen molar-refractivity contribution in [3.05, 3.63) is 43.7 Å². The fraction of sp³-hybridized carbons (Fsp3) is 0.368. The number of thiocarbonyl (C=S) groups is 1. The minimum atomic E-state index is -0.288. The Morgan fingerprint density at radius 2 is 2.07 bits per heavy atom. The molecular formula is C19H20BrClN2O2S2. The molecule has 1 aromatic carbocycles. The van der Waals surface area contributed by atoms with E-state index in [1.54, 1.807) is 17.4 Å². The van der Waals surface area contributed by atoms with Gasteiger partial charge in [0.1, 0.15) is 5.00 Å². The zero-order valence-corrected chi connectivity index (χ0v) is 18.8. The van der Waals surface area contributed by atoms with Gasteiger partial charge in [0.2, 0.25) is 0 Å². The van der Waals surface area contributed by atoms with E-state index in [2.05, 4.69) is 26.6 Å². The predicted octanol–water partition coefficient (Wildman–Crippen LogP) is 6.42. The molecule has 1 heterocycles. The first kappa shape index (κ1) is 20.6. The van der Waals surface area contributed by atoms with Crippen molar-refractivity contribution in [2.24, 2.45) is 0 Å². The van der Waals surface area contributed by atoms with Crippen molar-refractivity contribution in [1.29, 1.82) is 0 Å². The second kappa shape index (κ2) is 9.37. The summed E-state index contributed by atoms with van der Waals surface area (Å²) in [6, 6.07) is 5.52. The quantitative estimate of drug-likeness (QED) is 0.296. The van der Waals surface area contributed by atoms with Crippen LogP contribution in [0.3, 0.4) is 0 Å². The molecule has 0 bridgehead atoms. The molecule has 2 aromatic rings. The number of hydrogen-bond acceptors (Lipinski definition) is 4. The molecule has 1 aliphatic carbocycles. The highest BCUT2D eigenvalue weighted by molar-refractivity contribution is 9.10. The van der Waals surface area contributed by atoms with Crippen LogP contribution >= 0.6 is 51.1 Å². The first-order valence-electron chi connectivity index (χ1n) is 8.84. The Labute approximate surface area is 181 Å². The van der Waals surface area contributed by atoms with E-state index < -0.39 is 0 Å². The minimum absolute atomic E-state index is 0.288. The standard InChI is InChI=1S/C19H20BrClN2O2S2/c1-2-25-18(24)16-12-6-4-3-5-7-15(12)27-17(16)23-19(26)22-14-9-8-11(20)10-13(14)21/h8-10H,2-7H2,1H3,(H2,22,23,26). The molecule has 0 fully saturated rings. The minimum Gasteiger partial charge on any atom is -0.462 e. The molecule has 1 aliphatic rings. The molecule has 0 aliphatic heterocycles. The highest BCUT2D eigenvalue weighted by Gasteiger charge is 2.26. The highest BCUT2D eigenvalue weighted by Crippen LogP contribution is 2.38. The Bertz CT molecular complexity index is 870.